The maximum atomic E-state index is 11.7. The molecule has 1 aliphatic heterocycles. The molecule has 0 bridgehead atoms. The molecule has 112 valence electrons. The molecule has 0 saturated carbocycles. The number of nitrogen functional groups attached to an aromatic ring is 1. The third-order valence-corrected chi connectivity index (χ3v) is 5.57. The Kier molecular flexibility index (Phi) is 4.65. The molecule has 0 aliphatic carbocycles. The van der Waals surface area contributed by atoms with Gasteiger partial charge in [0.2, 0.25) is 0 Å². The van der Waals surface area contributed by atoms with Crippen LogP contribution in [0.2, 0.25) is 0 Å². The summed E-state index contributed by atoms with van der Waals surface area (Å²) in [4.78, 5) is 4.20. The molecule has 6 heteroatoms. The lowest BCUT2D eigenvalue weighted by Gasteiger charge is -2.25. The molecule has 5 nitrogen and oxygen atoms in total. The Morgan fingerprint density at radius 1 is 1.55 bits per heavy atom. The van der Waals surface area contributed by atoms with Gasteiger partial charge in [0.05, 0.1) is 11.5 Å². The van der Waals surface area contributed by atoms with Crippen molar-refractivity contribution in [1.29, 1.82) is 0 Å². The topological polar surface area (TPSA) is 85.1 Å². The van der Waals surface area contributed by atoms with Crippen LogP contribution in [-0.2, 0) is 9.84 Å². The van der Waals surface area contributed by atoms with Gasteiger partial charge in [0.1, 0.15) is 5.82 Å². The van der Waals surface area contributed by atoms with E-state index in [0.29, 0.717) is 12.2 Å². The Labute approximate surface area is 120 Å². The first kappa shape index (κ1) is 15.3. The molecule has 0 radical (unpaired) electrons. The van der Waals surface area contributed by atoms with Crippen LogP contribution < -0.4 is 11.1 Å². The molecule has 2 rings (SSSR count). The van der Waals surface area contributed by atoms with Crippen LogP contribution in [0.4, 0.5) is 5.82 Å². The molecule has 2 unspecified atom stereocenters. The zero-order chi connectivity index (χ0) is 14.8. The molecule has 1 saturated heterocycles. The zero-order valence-electron chi connectivity index (χ0n) is 12.1. The van der Waals surface area contributed by atoms with Crippen molar-refractivity contribution in [3.8, 4) is 0 Å². The highest BCUT2D eigenvalue weighted by atomic mass is 32.2. The van der Waals surface area contributed by atoms with Crippen LogP contribution in [0, 0.1) is 12.8 Å². The van der Waals surface area contributed by atoms with E-state index in [2.05, 4.69) is 17.2 Å². The molecular formula is C14H23N3O2S. The lowest BCUT2D eigenvalue weighted by Crippen LogP contribution is -2.30. The van der Waals surface area contributed by atoms with Gasteiger partial charge in [-0.25, -0.2) is 13.4 Å². The number of hydrogen-bond acceptors (Lipinski definition) is 5. The molecule has 1 aromatic rings. The van der Waals surface area contributed by atoms with Crippen molar-refractivity contribution in [2.45, 2.75) is 32.7 Å². The van der Waals surface area contributed by atoms with Gasteiger partial charge in [0.15, 0.2) is 9.84 Å². The summed E-state index contributed by atoms with van der Waals surface area (Å²) >= 11 is 0. The second-order valence-corrected chi connectivity index (χ2v) is 7.81. The smallest absolute Gasteiger partial charge is 0.150 e. The minimum absolute atomic E-state index is 0.0281. The summed E-state index contributed by atoms with van der Waals surface area (Å²) in [6.07, 6.45) is 3.42. The van der Waals surface area contributed by atoms with E-state index in [4.69, 9.17) is 5.73 Å². The number of sulfone groups is 1. The van der Waals surface area contributed by atoms with Crippen LogP contribution in [0.15, 0.2) is 12.3 Å². The second-order valence-electron chi connectivity index (χ2n) is 5.58. The number of nitrogens with one attached hydrogen (secondary N) is 1. The monoisotopic (exact) mass is 297 g/mol. The van der Waals surface area contributed by atoms with Crippen LogP contribution in [0.3, 0.4) is 0 Å². The molecule has 0 aromatic carbocycles. The van der Waals surface area contributed by atoms with E-state index < -0.39 is 9.84 Å². The highest BCUT2D eigenvalue weighted by Gasteiger charge is 2.35. The van der Waals surface area contributed by atoms with Gasteiger partial charge in [-0.05, 0) is 43.9 Å². The van der Waals surface area contributed by atoms with E-state index in [9.17, 15) is 8.42 Å². The molecule has 20 heavy (non-hydrogen) atoms. The van der Waals surface area contributed by atoms with Gasteiger partial charge < -0.3 is 11.1 Å². The average molecular weight is 297 g/mol. The third-order valence-electron chi connectivity index (χ3n) is 3.77. The van der Waals surface area contributed by atoms with Gasteiger partial charge in [-0.15, -0.1) is 0 Å². The number of nitrogens with two attached hydrogens (primary N) is 1. The summed E-state index contributed by atoms with van der Waals surface area (Å²) in [7, 11) is -2.90. The number of anilines is 1. The van der Waals surface area contributed by atoms with Gasteiger partial charge in [-0.1, -0.05) is 6.92 Å². The molecule has 2 atom stereocenters. The van der Waals surface area contributed by atoms with Crippen LogP contribution in [0.1, 0.15) is 36.9 Å². The first-order chi connectivity index (χ1) is 9.43. The van der Waals surface area contributed by atoms with Gasteiger partial charge in [-0.2, -0.15) is 0 Å². The summed E-state index contributed by atoms with van der Waals surface area (Å²) < 4.78 is 23.5. The summed E-state index contributed by atoms with van der Waals surface area (Å²) in [6.45, 7) is 4.90. The molecule has 2 heterocycles. The van der Waals surface area contributed by atoms with Crippen molar-refractivity contribution in [2.24, 2.45) is 5.92 Å². The number of hydrogen-bond donors (Lipinski definition) is 2. The zero-order valence-corrected chi connectivity index (χ0v) is 12.9. The van der Waals surface area contributed by atoms with Crippen LogP contribution in [-0.4, -0.2) is 31.5 Å². The van der Waals surface area contributed by atoms with Gasteiger partial charge >= 0.3 is 0 Å². The average Bonchev–Trinajstić information content (AvgIpc) is 2.74. The standard InChI is InChI=1S/C14H23N3O2S/c1-3-5-16-13(11-4-6-20(18,19)9-11)12-7-10(2)8-17-14(12)15/h7-8,11,13,16H,3-6,9H2,1-2H3,(H2,15,17). The maximum absolute atomic E-state index is 11.7. The highest BCUT2D eigenvalue weighted by molar-refractivity contribution is 7.91. The number of rotatable bonds is 5. The fraction of sp³-hybridized carbons (Fsp3) is 0.643. The predicted octanol–water partition coefficient (Wildman–Crippen LogP) is 1.45. The minimum Gasteiger partial charge on any atom is -0.383 e. The van der Waals surface area contributed by atoms with Crippen molar-refractivity contribution in [2.75, 3.05) is 23.8 Å². The number of aryl methyl sites for hydroxylation is 1. The summed E-state index contributed by atoms with van der Waals surface area (Å²) in [5.74, 6) is 1.09. The van der Waals surface area contributed by atoms with Gasteiger partial charge in [0, 0.05) is 17.8 Å². The van der Waals surface area contributed by atoms with Gasteiger partial charge in [-0.3, -0.25) is 0 Å². The lowest BCUT2D eigenvalue weighted by atomic mass is 9.92. The summed E-state index contributed by atoms with van der Waals surface area (Å²) in [5, 5.41) is 3.45. The third kappa shape index (κ3) is 3.49. The Morgan fingerprint density at radius 2 is 2.30 bits per heavy atom. The summed E-state index contributed by atoms with van der Waals surface area (Å²) in [5.41, 5.74) is 7.97. The predicted molar refractivity (Wildman–Crippen MR) is 81.2 cm³/mol. The van der Waals surface area contributed by atoms with E-state index in [1.165, 1.54) is 0 Å². The molecule has 3 N–H and O–H groups in total. The molecule has 1 fully saturated rings. The Hall–Kier alpha value is -1.14. The van der Waals surface area contributed by atoms with Crippen molar-refractivity contribution in [3.63, 3.8) is 0 Å². The molecule has 0 spiro atoms. The van der Waals surface area contributed by atoms with Crippen molar-refractivity contribution in [1.82, 2.24) is 10.3 Å². The fourth-order valence-electron chi connectivity index (χ4n) is 2.77. The van der Waals surface area contributed by atoms with E-state index in [0.717, 1.165) is 24.1 Å². The molecule has 1 aliphatic rings. The van der Waals surface area contributed by atoms with Crippen molar-refractivity contribution in [3.05, 3.63) is 23.4 Å². The fourth-order valence-corrected chi connectivity index (χ4v) is 4.61. The van der Waals surface area contributed by atoms with E-state index >= 15 is 0 Å². The van der Waals surface area contributed by atoms with Gasteiger partial charge in [0.25, 0.3) is 0 Å². The largest absolute Gasteiger partial charge is 0.383 e. The Balaban J connectivity index is 2.30. The Bertz CT molecular complexity index is 572. The molecule has 1 aromatic heterocycles. The van der Waals surface area contributed by atoms with Crippen molar-refractivity contribution >= 4 is 15.7 Å². The van der Waals surface area contributed by atoms with Crippen LogP contribution in [0.25, 0.3) is 0 Å². The lowest BCUT2D eigenvalue weighted by molar-refractivity contribution is 0.393. The SMILES string of the molecule is CCCNC(c1cc(C)cnc1N)C1CCS(=O)(=O)C1. The van der Waals surface area contributed by atoms with Crippen LogP contribution in [0.5, 0.6) is 0 Å². The van der Waals surface area contributed by atoms with E-state index in [-0.39, 0.29) is 23.5 Å². The maximum Gasteiger partial charge on any atom is 0.150 e. The second kappa shape index (κ2) is 6.10. The molecule has 0 amide bonds. The Morgan fingerprint density at radius 3 is 2.90 bits per heavy atom. The number of nitrogens with zero attached hydrogens (tertiary/aromatic N) is 1. The number of pyridine rings is 1. The first-order valence-corrected chi connectivity index (χ1v) is 8.91. The quantitative estimate of drug-likeness (QED) is 0.859. The van der Waals surface area contributed by atoms with E-state index in [1.54, 1.807) is 6.20 Å². The summed E-state index contributed by atoms with van der Waals surface area (Å²) in [6, 6.07) is 1.99. The van der Waals surface area contributed by atoms with Crippen LogP contribution >= 0.6 is 0 Å². The number of aromatic nitrogens is 1. The highest BCUT2D eigenvalue weighted by Crippen LogP contribution is 2.33. The van der Waals surface area contributed by atoms with E-state index in [1.807, 2.05) is 13.0 Å². The van der Waals surface area contributed by atoms with Crippen molar-refractivity contribution < 1.29 is 8.42 Å². The minimum atomic E-state index is -2.90. The first-order valence-electron chi connectivity index (χ1n) is 7.09. The molecular weight excluding hydrogens is 274 g/mol. The normalized spacial score (nSPS) is 22.8.